The number of fused-ring (bicyclic) bond motifs is 1. The number of benzene rings is 1. The molecule has 0 aliphatic rings. The van der Waals surface area contributed by atoms with E-state index in [1.807, 2.05) is 0 Å². The van der Waals surface area contributed by atoms with Crippen LogP contribution in [0, 0.1) is 0 Å². The maximum atomic E-state index is 6.10. The average molecular weight is 287 g/mol. The van der Waals surface area contributed by atoms with Gasteiger partial charge in [0.05, 0.1) is 6.54 Å². The molecule has 2 aromatic rings. The Morgan fingerprint density at radius 3 is 2.62 bits per heavy atom. The van der Waals surface area contributed by atoms with Crippen molar-refractivity contribution >= 4 is 11.0 Å². The van der Waals surface area contributed by atoms with Crippen molar-refractivity contribution in [1.29, 1.82) is 0 Å². The van der Waals surface area contributed by atoms with Gasteiger partial charge in [-0.2, -0.15) is 0 Å². The lowest BCUT2D eigenvalue weighted by Crippen LogP contribution is -2.14. The van der Waals surface area contributed by atoms with E-state index in [-0.39, 0.29) is 0 Å². The fourth-order valence-electron chi connectivity index (χ4n) is 2.89. The van der Waals surface area contributed by atoms with E-state index in [9.17, 15) is 0 Å². The van der Waals surface area contributed by atoms with Crippen molar-refractivity contribution in [2.24, 2.45) is 0 Å². The molecule has 2 nitrogen and oxygen atoms in total. The van der Waals surface area contributed by atoms with E-state index in [2.05, 4.69) is 51.2 Å². The molecule has 21 heavy (non-hydrogen) atoms. The van der Waals surface area contributed by atoms with Gasteiger partial charge in [-0.1, -0.05) is 40.2 Å². The molecule has 1 aromatic carbocycles. The molecule has 2 heteroatoms. The van der Waals surface area contributed by atoms with E-state index in [1.165, 1.54) is 35.8 Å². The molecule has 0 saturated carbocycles. The van der Waals surface area contributed by atoms with E-state index in [1.54, 1.807) is 0 Å². The van der Waals surface area contributed by atoms with E-state index >= 15 is 0 Å². The molecular formula is C19H29NO. The lowest BCUT2D eigenvalue weighted by Gasteiger charge is -2.08. The third kappa shape index (κ3) is 3.88. The second kappa shape index (κ2) is 7.65. The van der Waals surface area contributed by atoms with Crippen molar-refractivity contribution in [3.05, 3.63) is 35.1 Å². The fraction of sp³-hybridized carbons (Fsp3) is 0.579. The van der Waals surface area contributed by atoms with Gasteiger partial charge in [0, 0.05) is 10.9 Å². The predicted molar refractivity (Wildman–Crippen MR) is 90.9 cm³/mol. The molecule has 0 radical (unpaired) electrons. The van der Waals surface area contributed by atoms with E-state index in [4.69, 9.17) is 4.42 Å². The summed E-state index contributed by atoms with van der Waals surface area (Å²) in [5, 5.41) is 4.77. The Balaban J connectivity index is 2.33. The summed E-state index contributed by atoms with van der Waals surface area (Å²) in [5.74, 6) is 1.60. The molecule has 0 aliphatic carbocycles. The summed E-state index contributed by atoms with van der Waals surface area (Å²) in [6.07, 6.45) is 4.81. The number of aryl methyl sites for hydroxylation is 1. The van der Waals surface area contributed by atoms with Gasteiger partial charge in [-0.3, -0.25) is 0 Å². The molecule has 1 aromatic heterocycles. The van der Waals surface area contributed by atoms with E-state index < -0.39 is 0 Å². The van der Waals surface area contributed by atoms with Gasteiger partial charge < -0.3 is 9.73 Å². The van der Waals surface area contributed by atoms with Crippen LogP contribution in [0.15, 0.2) is 22.6 Å². The highest BCUT2D eigenvalue weighted by Crippen LogP contribution is 2.32. The van der Waals surface area contributed by atoms with Crippen molar-refractivity contribution in [3.8, 4) is 0 Å². The van der Waals surface area contributed by atoms with Gasteiger partial charge in [0.15, 0.2) is 0 Å². The second-order valence-electron chi connectivity index (χ2n) is 6.20. The number of nitrogens with one attached hydrogen (secondary N) is 1. The Labute approximate surface area is 128 Å². The van der Waals surface area contributed by atoms with Crippen LogP contribution < -0.4 is 5.32 Å². The number of rotatable bonds is 8. The quantitative estimate of drug-likeness (QED) is 0.658. The summed E-state index contributed by atoms with van der Waals surface area (Å²) in [5.41, 5.74) is 3.85. The first kappa shape index (κ1) is 16.1. The number of hydrogen-bond donors (Lipinski definition) is 1. The molecule has 2 rings (SSSR count). The molecule has 0 amide bonds. The van der Waals surface area contributed by atoms with E-state index in [0.29, 0.717) is 5.92 Å². The maximum Gasteiger partial charge on any atom is 0.134 e. The van der Waals surface area contributed by atoms with Gasteiger partial charge in [0.2, 0.25) is 0 Å². The SMILES string of the molecule is CCCCc1ccc2oc(CNCCC)c(C(C)C)c2c1. The lowest BCUT2D eigenvalue weighted by atomic mass is 9.97. The number of unbranched alkanes of at least 4 members (excludes halogenated alkanes) is 1. The molecular weight excluding hydrogens is 258 g/mol. The smallest absolute Gasteiger partial charge is 0.134 e. The molecule has 0 atom stereocenters. The van der Waals surface area contributed by atoms with Crippen molar-refractivity contribution in [3.63, 3.8) is 0 Å². The first-order valence-electron chi connectivity index (χ1n) is 8.42. The van der Waals surface area contributed by atoms with Crippen LogP contribution in [0.3, 0.4) is 0 Å². The molecule has 1 heterocycles. The first-order chi connectivity index (χ1) is 10.2. The molecule has 116 valence electrons. The summed E-state index contributed by atoms with van der Waals surface area (Å²) in [6.45, 7) is 10.8. The number of furan rings is 1. The standard InChI is InChI=1S/C19H29NO/c1-5-7-8-15-9-10-17-16(12-15)19(14(3)4)18(21-17)13-20-11-6-2/h9-10,12,14,20H,5-8,11,13H2,1-4H3. The van der Waals surface area contributed by atoms with Gasteiger partial charge in [-0.15, -0.1) is 0 Å². The number of hydrogen-bond acceptors (Lipinski definition) is 2. The Bertz CT molecular complexity index is 568. The first-order valence-corrected chi connectivity index (χ1v) is 8.42. The maximum absolute atomic E-state index is 6.10. The van der Waals surface area contributed by atoms with Crippen LogP contribution in [-0.2, 0) is 13.0 Å². The van der Waals surface area contributed by atoms with Crippen LogP contribution in [0.4, 0.5) is 0 Å². The van der Waals surface area contributed by atoms with Gasteiger partial charge in [-0.05, 0) is 49.4 Å². The third-order valence-corrected chi connectivity index (χ3v) is 3.98. The zero-order valence-electron chi connectivity index (χ0n) is 14.0. The molecule has 1 N–H and O–H groups in total. The highest BCUT2D eigenvalue weighted by molar-refractivity contribution is 5.83. The summed E-state index contributed by atoms with van der Waals surface area (Å²) in [6, 6.07) is 6.71. The summed E-state index contributed by atoms with van der Waals surface area (Å²) < 4.78 is 6.10. The van der Waals surface area contributed by atoms with Gasteiger partial charge >= 0.3 is 0 Å². The van der Waals surface area contributed by atoms with Gasteiger partial charge in [0.1, 0.15) is 11.3 Å². The van der Waals surface area contributed by atoms with Crippen LogP contribution in [0.25, 0.3) is 11.0 Å². The molecule has 0 bridgehead atoms. The minimum atomic E-state index is 0.492. The average Bonchev–Trinajstić information content (AvgIpc) is 2.83. The van der Waals surface area contributed by atoms with Crippen molar-refractivity contribution < 1.29 is 4.42 Å². The Hall–Kier alpha value is -1.28. The third-order valence-electron chi connectivity index (χ3n) is 3.98. The summed E-state index contributed by atoms with van der Waals surface area (Å²) >= 11 is 0. The molecule has 0 spiro atoms. The Morgan fingerprint density at radius 2 is 1.95 bits per heavy atom. The minimum Gasteiger partial charge on any atom is -0.459 e. The zero-order valence-corrected chi connectivity index (χ0v) is 14.0. The highest BCUT2D eigenvalue weighted by atomic mass is 16.3. The van der Waals surface area contributed by atoms with Gasteiger partial charge in [0.25, 0.3) is 0 Å². The van der Waals surface area contributed by atoms with E-state index in [0.717, 1.165) is 30.9 Å². The Morgan fingerprint density at radius 1 is 1.14 bits per heavy atom. The van der Waals surface area contributed by atoms with Crippen LogP contribution in [-0.4, -0.2) is 6.54 Å². The minimum absolute atomic E-state index is 0.492. The predicted octanol–water partition coefficient (Wildman–Crippen LogP) is 5.40. The molecule has 0 fully saturated rings. The zero-order chi connectivity index (χ0) is 15.2. The largest absolute Gasteiger partial charge is 0.459 e. The van der Waals surface area contributed by atoms with Crippen molar-refractivity contribution in [1.82, 2.24) is 5.32 Å². The highest BCUT2D eigenvalue weighted by Gasteiger charge is 2.17. The molecule has 0 unspecified atom stereocenters. The lowest BCUT2D eigenvalue weighted by molar-refractivity contribution is 0.504. The van der Waals surface area contributed by atoms with Crippen LogP contribution in [0.2, 0.25) is 0 Å². The summed E-state index contributed by atoms with van der Waals surface area (Å²) in [4.78, 5) is 0. The van der Waals surface area contributed by atoms with Gasteiger partial charge in [-0.25, -0.2) is 0 Å². The van der Waals surface area contributed by atoms with Crippen LogP contribution in [0.5, 0.6) is 0 Å². The summed E-state index contributed by atoms with van der Waals surface area (Å²) in [7, 11) is 0. The monoisotopic (exact) mass is 287 g/mol. The normalized spacial score (nSPS) is 11.7. The second-order valence-corrected chi connectivity index (χ2v) is 6.20. The van der Waals surface area contributed by atoms with Crippen LogP contribution in [0.1, 0.15) is 69.8 Å². The molecule has 0 aliphatic heterocycles. The topological polar surface area (TPSA) is 25.2 Å². The van der Waals surface area contributed by atoms with Crippen molar-refractivity contribution in [2.45, 2.75) is 65.8 Å². The van der Waals surface area contributed by atoms with Crippen LogP contribution >= 0.6 is 0 Å². The Kier molecular flexibility index (Phi) is 5.86. The fourth-order valence-corrected chi connectivity index (χ4v) is 2.89. The van der Waals surface area contributed by atoms with Crippen molar-refractivity contribution in [2.75, 3.05) is 6.54 Å². The molecule has 0 saturated heterocycles.